The fourth-order valence-electron chi connectivity index (χ4n) is 1.83. The Labute approximate surface area is 96.5 Å². The smallest absolute Gasteiger partial charge is 0.319 e. The van der Waals surface area contributed by atoms with E-state index in [1.165, 1.54) is 19.3 Å². The predicted molar refractivity (Wildman–Crippen MR) is 68.4 cm³/mol. The Hall–Kier alpha value is 1.48. The third kappa shape index (κ3) is 2.72. The molecule has 0 amide bonds. The van der Waals surface area contributed by atoms with Crippen molar-refractivity contribution < 1.29 is 0 Å². The van der Waals surface area contributed by atoms with Crippen LogP contribution in [0.1, 0.15) is 33.1 Å². The van der Waals surface area contributed by atoms with Crippen LogP contribution in [0.2, 0.25) is 0 Å². The minimum atomic E-state index is 0.662. The lowest BCUT2D eigenvalue weighted by molar-refractivity contribution is 0.210. The lowest BCUT2D eigenvalue weighted by atomic mass is 9.94. The lowest BCUT2D eigenvalue weighted by Gasteiger charge is -2.39. The van der Waals surface area contributed by atoms with Crippen LogP contribution in [0, 0.1) is 0 Å². The van der Waals surface area contributed by atoms with Gasteiger partial charge in [0.2, 0.25) is 0 Å². The highest BCUT2D eigenvalue weighted by molar-refractivity contribution is 14.3. The van der Waals surface area contributed by atoms with Gasteiger partial charge in [0.25, 0.3) is 0 Å². The molecule has 1 aliphatic heterocycles. The molecule has 2 atom stereocenters. The molecule has 1 saturated heterocycles. The number of hydrogen-bond acceptors (Lipinski definition) is 1. The molecule has 0 aliphatic carbocycles. The van der Waals surface area contributed by atoms with E-state index in [2.05, 4.69) is 63.4 Å². The molecule has 0 bridgehead atoms. The molecule has 0 N–H and O–H groups in total. The summed E-state index contributed by atoms with van der Waals surface area (Å²) in [5.41, 5.74) is 0. The standard InChI is InChI=1S/C7H14BI2N/c1-6-4-3-5-7(2)11(6)8(9)10/h6-7H,3-5H2,1-2H3. The molecule has 0 aromatic carbocycles. The number of piperidine rings is 1. The minimum absolute atomic E-state index is 0.662. The predicted octanol–water partition coefficient (Wildman–Crippen LogP) is 3.10. The highest BCUT2D eigenvalue weighted by Crippen LogP contribution is 2.27. The average Bonchev–Trinajstić information content (AvgIpc) is 1.85. The molecule has 4 heteroatoms. The zero-order chi connectivity index (χ0) is 8.43. The van der Waals surface area contributed by atoms with Gasteiger partial charge >= 0.3 is 2.56 Å². The van der Waals surface area contributed by atoms with E-state index in [-0.39, 0.29) is 0 Å². The van der Waals surface area contributed by atoms with Crippen molar-refractivity contribution in [1.29, 1.82) is 0 Å². The summed E-state index contributed by atoms with van der Waals surface area (Å²) in [6, 6.07) is 1.58. The molecule has 0 aromatic rings. The molecule has 1 aliphatic rings. The zero-order valence-electron chi connectivity index (χ0n) is 7.06. The molecular weight excluding hydrogens is 363 g/mol. The zero-order valence-corrected chi connectivity index (χ0v) is 11.4. The van der Waals surface area contributed by atoms with Gasteiger partial charge in [0.1, 0.15) is 0 Å². The van der Waals surface area contributed by atoms with Crippen LogP contribution in [0.4, 0.5) is 0 Å². The van der Waals surface area contributed by atoms with E-state index in [4.69, 9.17) is 0 Å². The van der Waals surface area contributed by atoms with Crippen LogP contribution in [0.5, 0.6) is 0 Å². The van der Waals surface area contributed by atoms with Gasteiger partial charge in [-0.15, -0.1) is 44.7 Å². The van der Waals surface area contributed by atoms with Crippen molar-refractivity contribution in [2.45, 2.75) is 45.2 Å². The Bertz CT molecular complexity index is 122. The molecule has 2 unspecified atom stereocenters. The Morgan fingerprint density at radius 3 is 1.91 bits per heavy atom. The molecule has 0 spiro atoms. The summed E-state index contributed by atoms with van der Waals surface area (Å²) < 4.78 is 0.662. The van der Waals surface area contributed by atoms with E-state index in [0.29, 0.717) is 2.56 Å². The van der Waals surface area contributed by atoms with Crippen molar-refractivity contribution in [3.05, 3.63) is 0 Å². The van der Waals surface area contributed by atoms with E-state index in [1.54, 1.807) is 0 Å². The van der Waals surface area contributed by atoms with E-state index in [0.717, 1.165) is 12.1 Å². The van der Waals surface area contributed by atoms with Crippen LogP contribution < -0.4 is 0 Å². The van der Waals surface area contributed by atoms with Crippen LogP contribution in [0.3, 0.4) is 0 Å². The quantitative estimate of drug-likeness (QED) is 0.502. The molecule has 1 fully saturated rings. The average molecular weight is 377 g/mol. The number of halogens is 2. The van der Waals surface area contributed by atoms with Crippen molar-refractivity contribution in [2.75, 3.05) is 0 Å². The third-order valence-corrected chi connectivity index (χ3v) is 3.77. The van der Waals surface area contributed by atoms with Crippen molar-refractivity contribution >= 4 is 47.3 Å². The van der Waals surface area contributed by atoms with E-state index < -0.39 is 0 Å². The topological polar surface area (TPSA) is 3.24 Å². The maximum atomic E-state index is 2.62. The molecule has 1 nitrogen and oxygen atoms in total. The first-order valence-electron chi connectivity index (χ1n) is 4.18. The summed E-state index contributed by atoms with van der Waals surface area (Å²) in [5, 5.41) is 0. The first-order valence-corrected chi connectivity index (χ1v) is 6.67. The largest absolute Gasteiger partial charge is 0.369 e. The van der Waals surface area contributed by atoms with Crippen molar-refractivity contribution in [2.24, 2.45) is 0 Å². The van der Waals surface area contributed by atoms with Gasteiger partial charge in [-0.1, -0.05) is 20.3 Å². The fraction of sp³-hybridized carbons (Fsp3) is 1.00. The summed E-state index contributed by atoms with van der Waals surface area (Å²) >= 11 is 5.01. The van der Waals surface area contributed by atoms with Crippen LogP contribution in [0.25, 0.3) is 0 Å². The monoisotopic (exact) mass is 377 g/mol. The summed E-state index contributed by atoms with van der Waals surface area (Å²) in [6.45, 7) is 4.69. The normalized spacial score (nSPS) is 33.8. The minimum Gasteiger partial charge on any atom is -0.319 e. The SMILES string of the molecule is CC1CCCC(C)N1B(I)I. The van der Waals surface area contributed by atoms with Gasteiger partial charge in [-0.05, 0) is 24.9 Å². The van der Waals surface area contributed by atoms with Crippen LogP contribution in [-0.4, -0.2) is 19.5 Å². The highest BCUT2D eigenvalue weighted by atomic mass is 127. The molecule has 0 radical (unpaired) electrons. The Balaban J connectivity index is 2.55. The highest BCUT2D eigenvalue weighted by Gasteiger charge is 2.30. The summed E-state index contributed by atoms with van der Waals surface area (Å²) in [4.78, 5) is 2.62. The summed E-state index contributed by atoms with van der Waals surface area (Å²) in [5.74, 6) is 0. The molecule has 64 valence electrons. The Morgan fingerprint density at radius 2 is 1.64 bits per heavy atom. The second-order valence-corrected chi connectivity index (χ2v) is 8.10. The van der Waals surface area contributed by atoms with Crippen LogP contribution in [-0.2, 0) is 0 Å². The second-order valence-electron chi connectivity index (χ2n) is 3.35. The molecular formula is C7H14BI2N. The third-order valence-electron chi connectivity index (χ3n) is 2.49. The maximum absolute atomic E-state index is 2.62. The first-order chi connectivity index (χ1) is 5.13. The number of rotatable bonds is 1. The van der Waals surface area contributed by atoms with Gasteiger partial charge in [-0.2, -0.15) is 0 Å². The van der Waals surface area contributed by atoms with Gasteiger partial charge in [0.15, 0.2) is 0 Å². The summed E-state index contributed by atoms with van der Waals surface area (Å²) in [7, 11) is 0. The van der Waals surface area contributed by atoms with Crippen LogP contribution >= 0.6 is 44.7 Å². The fourth-order valence-corrected chi connectivity index (χ4v) is 4.02. The lowest BCUT2D eigenvalue weighted by Crippen LogP contribution is -2.47. The van der Waals surface area contributed by atoms with Gasteiger partial charge in [0, 0.05) is 0 Å². The van der Waals surface area contributed by atoms with Crippen molar-refractivity contribution in [3.8, 4) is 0 Å². The van der Waals surface area contributed by atoms with Crippen molar-refractivity contribution in [3.63, 3.8) is 0 Å². The Kier molecular flexibility index (Phi) is 4.46. The molecule has 11 heavy (non-hydrogen) atoms. The Morgan fingerprint density at radius 1 is 1.18 bits per heavy atom. The van der Waals surface area contributed by atoms with Gasteiger partial charge < -0.3 is 4.81 Å². The molecule has 1 heterocycles. The number of hydrogen-bond donors (Lipinski definition) is 0. The summed E-state index contributed by atoms with van der Waals surface area (Å²) in [6.07, 6.45) is 4.18. The van der Waals surface area contributed by atoms with E-state index >= 15 is 0 Å². The first kappa shape index (κ1) is 10.6. The van der Waals surface area contributed by atoms with Crippen LogP contribution in [0.15, 0.2) is 0 Å². The molecule has 0 saturated carbocycles. The van der Waals surface area contributed by atoms with Gasteiger partial charge in [-0.25, -0.2) is 0 Å². The van der Waals surface area contributed by atoms with Crippen molar-refractivity contribution in [1.82, 2.24) is 4.81 Å². The van der Waals surface area contributed by atoms with Gasteiger partial charge in [-0.3, -0.25) is 0 Å². The molecule has 0 aromatic heterocycles. The number of nitrogens with zero attached hydrogens (tertiary/aromatic N) is 1. The van der Waals surface area contributed by atoms with Gasteiger partial charge in [0.05, 0.1) is 0 Å². The van der Waals surface area contributed by atoms with E-state index in [1.807, 2.05) is 0 Å². The van der Waals surface area contributed by atoms with E-state index in [9.17, 15) is 0 Å². The second kappa shape index (κ2) is 4.65. The maximum Gasteiger partial charge on any atom is 0.369 e. The molecule has 1 rings (SSSR count).